The van der Waals surface area contributed by atoms with Gasteiger partial charge < -0.3 is 4.42 Å². The van der Waals surface area contributed by atoms with Gasteiger partial charge >= 0.3 is 0 Å². The van der Waals surface area contributed by atoms with Gasteiger partial charge in [0.25, 0.3) is 11.6 Å². The summed E-state index contributed by atoms with van der Waals surface area (Å²) in [5.41, 5.74) is 2.69. The lowest BCUT2D eigenvalue weighted by Gasteiger charge is -1.96. The van der Waals surface area contributed by atoms with E-state index in [0.717, 1.165) is 0 Å². The van der Waals surface area contributed by atoms with Gasteiger partial charge in [-0.3, -0.25) is 14.9 Å². The maximum absolute atomic E-state index is 11.0. The van der Waals surface area contributed by atoms with E-state index in [1.165, 1.54) is 18.3 Å². The number of hydrazone groups is 1. The van der Waals surface area contributed by atoms with Crippen molar-refractivity contribution in [2.24, 2.45) is 5.10 Å². The fourth-order valence-corrected chi connectivity index (χ4v) is 1.63. The Bertz CT molecular complexity index is 773. The van der Waals surface area contributed by atoms with Crippen LogP contribution in [0.3, 0.4) is 0 Å². The molecule has 0 bridgehead atoms. The first-order chi connectivity index (χ1) is 10.6. The Morgan fingerprint density at radius 1 is 1.45 bits per heavy atom. The highest BCUT2D eigenvalue weighted by Gasteiger charge is 2.09. The first-order valence-electron chi connectivity index (χ1n) is 6.13. The monoisotopic (exact) mass is 298 g/mol. The molecule has 0 fully saturated rings. The molecule has 0 saturated heterocycles. The Morgan fingerprint density at radius 2 is 2.27 bits per heavy atom. The van der Waals surface area contributed by atoms with Crippen molar-refractivity contribution in [1.29, 1.82) is 5.26 Å². The first kappa shape index (κ1) is 14.9. The Morgan fingerprint density at radius 3 is 3.00 bits per heavy atom. The average Bonchev–Trinajstić information content (AvgIpc) is 2.96. The number of hydrogen-bond acceptors (Lipinski definition) is 6. The second kappa shape index (κ2) is 6.81. The maximum Gasteiger partial charge on any atom is 0.270 e. The molecule has 0 spiro atoms. The molecule has 1 heterocycles. The van der Waals surface area contributed by atoms with Gasteiger partial charge in [-0.2, -0.15) is 10.4 Å². The number of non-ortho nitro benzene ring substituents is 1. The van der Waals surface area contributed by atoms with Crippen LogP contribution in [0.15, 0.2) is 45.9 Å². The van der Waals surface area contributed by atoms with Crippen molar-refractivity contribution < 1.29 is 14.1 Å². The highest BCUT2D eigenvalue weighted by Crippen LogP contribution is 2.25. The van der Waals surface area contributed by atoms with Gasteiger partial charge in [0.1, 0.15) is 17.9 Å². The lowest BCUT2D eigenvalue weighted by Crippen LogP contribution is -2.15. The van der Waals surface area contributed by atoms with E-state index in [2.05, 4.69) is 10.5 Å². The normalized spacial score (nSPS) is 10.3. The van der Waals surface area contributed by atoms with Crippen molar-refractivity contribution in [3.05, 3.63) is 52.3 Å². The summed E-state index contributed by atoms with van der Waals surface area (Å²) in [6.45, 7) is 0. The smallest absolute Gasteiger partial charge is 0.270 e. The van der Waals surface area contributed by atoms with Crippen LogP contribution in [0.5, 0.6) is 0 Å². The summed E-state index contributed by atoms with van der Waals surface area (Å²) >= 11 is 0. The summed E-state index contributed by atoms with van der Waals surface area (Å²) in [7, 11) is 0. The number of nitro groups is 1. The molecule has 22 heavy (non-hydrogen) atoms. The quantitative estimate of drug-likeness (QED) is 0.515. The lowest BCUT2D eigenvalue weighted by atomic mass is 10.1. The third-order valence-electron chi connectivity index (χ3n) is 2.59. The van der Waals surface area contributed by atoms with Gasteiger partial charge in [0.15, 0.2) is 0 Å². The topological polar surface area (TPSA) is 122 Å². The second-order valence-corrected chi connectivity index (χ2v) is 4.14. The van der Waals surface area contributed by atoms with Crippen LogP contribution in [0.4, 0.5) is 5.69 Å². The van der Waals surface area contributed by atoms with E-state index in [1.54, 1.807) is 30.3 Å². The number of nitro benzene ring substituents is 1. The number of nitrogens with one attached hydrogen (secondary N) is 1. The molecular weight excluding hydrogens is 288 g/mol. The molecule has 8 heteroatoms. The molecule has 1 aromatic carbocycles. The highest BCUT2D eigenvalue weighted by molar-refractivity contribution is 5.82. The fraction of sp³-hybridized carbons (Fsp3) is 0.0714. The third kappa shape index (κ3) is 3.77. The predicted octanol–water partition coefficient (Wildman–Crippen LogP) is 2.22. The molecule has 1 amide bonds. The number of furan rings is 1. The molecule has 0 aliphatic heterocycles. The third-order valence-corrected chi connectivity index (χ3v) is 2.59. The molecule has 110 valence electrons. The SMILES string of the molecule is N#CCC(=O)N/N=C\c1ccc(-c2cccc([N+](=O)[O-])c2)o1. The number of nitriles is 1. The molecule has 0 saturated carbocycles. The summed E-state index contributed by atoms with van der Waals surface area (Å²) in [6, 6.07) is 11.0. The number of amides is 1. The van der Waals surface area contributed by atoms with Crippen molar-refractivity contribution in [1.82, 2.24) is 5.43 Å². The van der Waals surface area contributed by atoms with Crippen LogP contribution in [-0.4, -0.2) is 17.0 Å². The molecule has 2 aromatic rings. The summed E-state index contributed by atoms with van der Waals surface area (Å²) < 4.78 is 5.46. The highest BCUT2D eigenvalue weighted by atomic mass is 16.6. The number of hydrogen-bond donors (Lipinski definition) is 1. The van der Waals surface area contributed by atoms with Crippen LogP contribution in [-0.2, 0) is 4.79 Å². The van der Waals surface area contributed by atoms with E-state index < -0.39 is 10.8 Å². The average molecular weight is 298 g/mol. The van der Waals surface area contributed by atoms with Gasteiger partial charge in [0, 0.05) is 17.7 Å². The molecule has 0 atom stereocenters. The number of carbonyl (C=O) groups is 1. The van der Waals surface area contributed by atoms with Gasteiger partial charge in [-0.05, 0) is 12.1 Å². The Balaban J connectivity index is 2.10. The van der Waals surface area contributed by atoms with E-state index in [4.69, 9.17) is 9.68 Å². The minimum absolute atomic E-state index is 0.0344. The number of benzene rings is 1. The standard InChI is InChI=1S/C14H10N4O4/c15-7-6-14(19)17-16-9-12-4-5-13(22-12)10-2-1-3-11(8-10)18(20)21/h1-5,8-9H,6H2,(H,17,19)/b16-9-. The van der Waals surface area contributed by atoms with Gasteiger partial charge in [-0.15, -0.1) is 0 Å². The van der Waals surface area contributed by atoms with E-state index in [-0.39, 0.29) is 12.1 Å². The first-order valence-corrected chi connectivity index (χ1v) is 6.13. The molecule has 2 rings (SSSR count). The van der Waals surface area contributed by atoms with Crippen molar-refractivity contribution >= 4 is 17.8 Å². The molecule has 0 aliphatic rings. The van der Waals surface area contributed by atoms with Crippen molar-refractivity contribution in [2.75, 3.05) is 0 Å². The van der Waals surface area contributed by atoms with Crippen LogP contribution < -0.4 is 5.43 Å². The summed E-state index contributed by atoms with van der Waals surface area (Å²) in [4.78, 5) is 21.3. The zero-order valence-electron chi connectivity index (χ0n) is 11.2. The predicted molar refractivity (Wildman–Crippen MR) is 76.8 cm³/mol. The second-order valence-electron chi connectivity index (χ2n) is 4.14. The van der Waals surface area contributed by atoms with E-state index in [9.17, 15) is 14.9 Å². The van der Waals surface area contributed by atoms with Gasteiger partial charge in [0.2, 0.25) is 0 Å². The molecule has 1 aromatic heterocycles. The molecule has 0 radical (unpaired) electrons. The van der Waals surface area contributed by atoms with Crippen molar-refractivity contribution in [3.8, 4) is 17.4 Å². The van der Waals surface area contributed by atoms with E-state index in [1.807, 2.05) is 0 Å². The van der Waals surface area contributed by atoms with Crippen LogP contribution in [0.2, 0.25) is 0 Å². The van der Waals surface area contributed by atoms with Gasteiger partial charge in [-0.25, -0.2) is 5.43 Å². The number of carbonyl (C=O) groups excluding carboxylic acids is 1. The molecule has 0 aliphatic carbocycles. The van der Waals surface area contributed by atoms with Crippen LogP contribution in [0.1, 0.15) is 12.2 Å². The Kier molecular flexibility index (Phi) is 4.62. The van der Waals surface area contributed by atoms with E-state index in [0.29, 0.717) is 17.1 Å². The zero-order valence-corrected chi connectivity index (χ0v) is 11.2. The Labute approximate surface area is 124 Å². The van der Waals surface area contributed by atoms with Crippen LogP contribution in [0, 0.1) is 21.4 Å². The van der Waals surface area contributed by atoms with Gasteiger partial charge in [0.05, 0.1) is 17.2 Å². The fourth-order valence-electron chi connectivity index (χ4n) is 1.63. The Hall–Kier alpha value is -3.47. The molecule has 1 N–H and O–H groups in total. The largest absolute Gasteiger partial charge is 0.455 e. The molecular formula is C14H10N4O4. The minimum Gasteiger partial charge on any atom is -0.455 e. The van der Waals surface area contributed by atoms with Crippen molar-refractivity contribution in [2.45, 2.75) is 6.42 Å². The lowest BCUT2D eigenvalue weighted by molar-refractivity contribution is -0.384. The van der Waals surface area contributed by atoms with Crippen LogP contribution in [0.25, 0.3) is 11.3 Å². The molecule has 0 unspecified atom stereocenters. The number of rotatable bonds is 5. The summed E-state index contributed by atoms with van der Waals surface area (Å²) in [6.07, 6.45) is 0.991. The van der Waals surface area contributed by atoms with E-state index >= 15 is 0 Å². The van der Waals surface area contributed by atoms with Gasteiger partial charge in [-0.1, -0.05) is 12.1 Å². The van der Waals surface area contributed by atoms with Crippen molar-refractivity contribution in [3.63, 3.8) is 0 Å². The maximum atomic E-state index is 11.0. The number of nitrogens with zero attached hydrogens (tertiary/aromatic N) is 3. The summed E-state index contributed by atoms with van der Waals surface area (Å²) in [5, 5.41) is 22.7. The molecule has 8 nitrogen and oxygen atoms in total. The van der Waals surface area contributed by atoms with Crippen LogP contribution >= 0.6 is 0 Å². The zero-order chi connectivity index (χ0) is 15.9. The summed E-state index contributed by atoms with van der Waals surface area (Å²) in [5.74, 6) is 0.275. The minimum atomic E-state index is -0.524.